The number of likely N-dealkylation sites (tertiary alicyclic amines) is 1. The lowest BCUT2D eigenvalue weighted by molar-refractivity contribution is -0.129. The molecule has 2 aliphatic rings. The topological polar surface area (TPSA) is 130 Å². The number of anilines is 2. The molecule has 0 radical (unpaired) electrons. The zero-order valence-corrected chi connectivity index (χ0v) is 23.3. The summed E-state index contributed by atoms with van der Waals surface area (Å²) >= 11 is 0. The zero-order valence-electron chi connectivity index (χ0n) is 23.3. The van der Waals surface area contributed by atoms with Crippen LogP contribution < -0.4 is 20.8 Å². The molecule has 10 heteroatoms. The average Bonchev–Trinajstić information content (AvgIpc) is 3.15. The molecule has 0 saturated carbocycles. The Morgan fingerprint density at radius 2 is 1.90 bits per heavy atom. The molecule has 4 N–H and O–H groups in total. The second kappa shape index (κ2) is 12.3. The van der Waals surface area contributed by atoms with Gasteiger partial charge in [-0.05, 0) is 49.5 Å². The summed E-state index contributed by atoms with van der Waals surface area (Å²) in [6, 6.07) is 4.23. The van der Waals surface area contributed by atoms with Crippen LogP contribution in [0, 0.1) is 6.92 Å². The quantitative estimate of drug-likeness (QED) is 0.292. The Kier molecular flexibility index (Phi) is 8.83. The number of hydrogen-bond acceptors (Lipinski definition) is 7. The van der Waals surface area contributed by atoms with E-state index in [0.717, 1.165) is 66.1 Å². The molecule has 0 bridgehead atoms. The molecule has 3 heterocycles. The lowest BCUT2D eigenvalue weighted by atomic mass is 9.88. The minimum Gasteiger partial charge on any atom is -0.463 e. The summed E-state index contributed by atoms with van der Waals surface area (Å²) in [5.74, 6) is 0.144. The van der Waals surface area contributed by atoms with E-state index >= 15 is 0 Å². The molecule has 2 aliphatic heterocycles. The number of nitrogens with zero attached hydrogens (tertiary/aromatic N) is 5. The van der Waals surface area contributed by atoms with Crippen LogP contribution in [0.25, 0.3) is 0 Å². The molecule has 0 aliphatic carbocycles. The fraction of sp³-hybridized carbons (Fsp3) is 0.483. The first-order valence-corrected chi connectivity index (χ1v) is 13.6. The maximum atomic E-state index is 12.1. The Hall–Kier alpha value is -3.95. The van der Waals surface area contributed by atoms with Crippen molar-refractivity contribution in [3.05, 3.63) is 52.9 Å². The van der Waals surface area contributed by atoms with Crippen molar-refractivity contribution in [1.29, 1.82) is 0 Å². The molecule has 2 aromatic rings. The number of piperidine rings is 1. The van der Waals surface area contributed by atoms with Gasteiger partial charge in [-0.15, -0.1) is 0 Å². The van der Waals surface area contributed by atoms with Crippen LogP contribution in [0.3, 0.4) is 0 Å². The van der Waals surface area contributed by atoms with Gasteiger partial charge in [0.05, 0.1) is 29.1 Å². The van der Waals surface area contributed by atoms with Gasteiger partial charge in [-0.2, -0.15) is 9.97 Å². The summed E-state index contributed by atoms with van der Waals surface area (Å²) in [5.41, 5.74) is 13.1. The van der Waals surface area contributed by atoms with E-state index in [4.69, 9.17) is 25.8 Å². The molecule has 0 spiro atoms. The maximum Gasteiger partial charge on any atom is 0.316 e. The van der Waals surface area contributed by atoms with Crippen molar-refractivity contribution in [2.24, 2.45) is 0 Å². The average molecular weight is 535 g/mol. The van der Waals surface area contributed by atoms with Gasteiger partial charge in [0.15, 0.2) is 6.21 Å². The standard InChI is InChI=1S/C29H39N7O3/c1-5-25(37)35-13-8-20(9-14-35)27-21-10-15-36(28-19(2)6-7-23(31)22(28)18-30)16-11-24(21)32-29(33-27)39-17-12-26(38)34(3)4/h5-7,18,20,30H,1,8-17,31H2,2-4H3/p+1. The van der Waals surface area contributed by atoms with E-state index < -0.39 is 0 Å². The largest absolute Gasteiger partial charge is 0.463 e. The zero-order chi connectivity index (χ0) is 28.1. The van der Waals surface area contributed by atoms with Crippen LogP contribution in [0.4, 0.5) is 11.4 Å². The first kappa shape index (κ1) is 28.1. The second-order valence-electron chi connectivity index (χ2n) is 10.4. The maximum absolute atomic E-state index is 12.1. The van der Waals surface area contributed by atoms with Gasteiger partial charge in [0, 0.05) is 58.3 Å². The Bertz CT molecular complexity index is 1250. The Balaban J connectivity index is 1.62. The number of carbonyl (C=O) groups excluding carboxylic acids is 2. The van der Waals surface area contributed by atoms with Crippen molar-refractivity contribution in [1.82, 2.24) is 19.8 Å². The number of aromatic nitrogens is 2. The van der Waals surface area contributed by atoms with Crippen LogP contribution in [-0.2, 0) is 22.4 Å². The highest BCUT2D eigenvalue weighted by Crippen LogP contribution is 2.35. The number of ether oxygens (including phenoxy) is 1. The molecule has 1 fully saturated rings. The van der Waals surface area contributed by atoms with E-state index in [2.05, 4.69) is 18.4 Å². The summed E-state index contributed by atoms with van der Waals surface area (Å²) in [5, 5.41) is 5.99. The summed E-state index contributed by atoms with van der Waals surface area (Å²) in [4.78, 5) is 39.6. The molecule has 0 unspecified atom stereocenters. The highest BCUT2D eigenvalue weighted by Gasteiger charge is 2.30. The van der Waals surface area contributed by atoms with Gasteiger partial charge in [0.2, 0.25) is 11.8 Å². The third kappa shape index (κ3) is 6.21. The van der Waals surface area contributed by atoms with Gasteiger partial charge < -0.3 is 25.2 Å². The van der Waals surface area contributed by atoms with Crippen molar-refractivity contribution >= 4 is 29.4 Å². The molecule has 0 atom stereocenters. The number of nitrogens with two attached hydrogens (primary N) is 2. The number of carbonyl (C=O) groups is 2. The number of fused-ring (bicyclic) bond motifs is 1. The molecular formula is C29H40N7O3+. The van der Waals surface area contributed by atoms with E-state index in [0.29, 0.717) is 31.2 Å². The Morgan fingerprint density at radius 3 is 2.56 bits per heavy atom. The second-order valence-corrected chi connectivity index (χ2v) is 10.4. The fourth-order valence-corrected chi connectivity index (χ4v) is 5.51. The van der Waals surface area contributed by atoms with Crippen molar-refractivity contribution in [3.8, 4) is 6.01 Å². The number of rotatable bonds is 8. The summed E-state index contributed by atoms with van der Waals surface area (Å²) in [6.07, 6.45) is 6.32. The molecule has 39 heavy (non-hydrogen) atoms. The van der Waals surface area contributed by atoms with Gasteiger partial charge in [0.1, 0.15) is 6.61 Å². The third-order valence-electron chi connectivity index (χ3n) is 7.70. The van der Waals surface area contributed by atoms with E-state index in [1.54, 1.807) is 25.2 Å². The van der Waals surface area contributed by atoms with Crippen LogP contribution in [0.1, 0.15) is 53.3 Å². The van der Waals surface area contributed by atoms with Crippen molar-refractivity contribution in [3.63, 3.8) is 0 Å². The van der Waals surface area contributed by atoms with Gasteiger partial charge in [-0.25, -0.2) is 0 Å². The van der Waals surface area contributed by atoms with E-state index in [9.17, 15) is 9.59 Å². The highest BCUT2D eigenvalue weighted by atomic mass is 16.5. The molecule has 1 aromatic heterocycles. The number of aryl methyl sites for hydroxylation is 1. The Morgan fingerprint density at radius 1 is 1.18 bits per heavy atom. The molecular weight excluding hydrogens is 494 g/mol. The first-order chi connectivity index (χ1) is 18.7. The minimum absolute atomic E-state index is 0.00935. The van der Waals surface area contributed by atoms with Gasteiger partial charge >= 0.3 is 6.01 Å². The summed E-state index contributed by atoms with van der Waals surface area (Å²) < 4.78 is 5.93. The van der Waals surface area contributed by atoms with Gasteiger partial charge in [0.25, 0.3) is 0 Å². The monoisotopic (exact) mass is 534 g/mol. The fourth-order valence-electron chi connectivity index (χ4n) is 5.51. The lowest BCUT2D eigenvalue weighted by Gasteiger charge is -2.32. The highest BCUT2D eigenvalue weighted by molar-refractivity contribution is 5.93. The number of hydrogen-bond donors (Lipinski definition) is 2. The summed E-state index contributed by atoms with van der Waals surface area (Å²) in [7, 11) is 3.45. The van der Waals surface area contributed by atoms with Crippen molar-refractivity contribution in [2.75, 3.05) is 57.5 Å². The van der Waals surface area contributed by atoms with E-state index in [1.807, 2.05) is 17.0 Å². The minimum atomic E-state index is -0.0368. The van der Waals surface area contributed by atoms with Crippen LogP contribution in [0.15, 0.2) is 24.8 Å². The predicted molar refractivity (Wildman–Crippen MR) is 152 cm³/mol. The number of amides is 2. The molecule has 1 saturated heterocycles. The number of nitrogen functional groups attached to an aromatic ring is 1. The predicted octanol–water partition coefficient (Wildman–Crippen LogP) is 0.900. The number of benzene rings is 1. The smallest absolute Gasteiger partial charge is 0.316 e. The molecule has 2 amide bonds. The molecule has 208 valence electrons. The first-order valence-electron chi connectivity index (χ1n) is 13.6. The van der Waals surface area contributed by atoms with E-state index in [-0.39, 0.29) is 30.8 Å². The van der Waals surface area contributed by atoms with Crippen LogP contribution in [0.5, 0.6) is 6.01 Å². The van der Waals surface area contributed by atoms with Gasteiger partial charge in [-0.3, -0.25) is 15.0 Å². The molecule has 10 nitrogen and oxygen atoms in total. The third-order valence-corrected chi connectivity index (χ3v) is 7.70. The summed E-state index contributed by atoms with van der Waals surface area (Å²) in [6.45, 7) is 8.76. The van der Waals surface area contributed by atoms with Gasteiger partial charge in [-0.1, -0.05) is 12.6 Å². The van der Waals surface area contributed by atoms with Crippen LogP contribution >= 0.6 is 0 Å². The van der Waals surface area contributed by atoms with Crippen LogP contribution in [0.2, 0.25) is 0 Å². The van der Waals surface area contributed by atoms with Crippen molar-refractivity contribution in [2.45, 2.75) is 44.9 Å². The molecule has 1 aromatic carbocycles. The Labute approximate surface area is 230 Å². The normalized spacial score (nSPS) is 15.8. The van der Waals surface area contributed by atoms with Crippen LogP contribution in [-0.4, -0.2) is 84.7 Å². The SMILES string of the molecule is C=CC(=O)N1CCC(c2nc(OCCC(=O)N(C)C)nc3c2CCN(c2c(C)ccc(N)c2C=[NH2+])CC3)CC1. The van der Waals surface area contributed by atoms with E-state index in [1.165, 1.54) is 6.08 Å². The molecule has 4 rings (SSSR count). The lowest BCUT2D eigenvalue weighted by Crippen LogP contribution is -2.37. The van der Waals surface area contributed by atoms with Crippen molar-refractivity contribution < 1.29 is 19.7 Å².